The van der Waals surface area contributed by atoms with E-state index in [-0.39, 0.29) is 0 Å². The smallest absolute Gasteiger partial charge is 0.150 e. The monoisotopic (exact) mass is 268 g/mol. The van der Waals surface area contributed by atoms with E-state index in [2.05, 4.69) is 29.8 Å². The normalized spacial score (nSPS) is 29.4. The van der Waals surface area contributed by atoms with Gasteiger partial charge >= 0.3 is 0 Å². The van der Waals surface area contributed by atoms with Gasteiger partial charge in [0.25, 0.3) is 0 Å². The molecule has 0 saturated carbocycles. The van der Waals surface area contributed by atoms with Gasteiger partial charge in [-0.1, -0.05) is 29.8 Å². The zero-order valence-corrected chi connectivity index (χ0v) is 10.6. The van der Waals surface area contributed by atoms with Crippen LogP contribution in [0, 0.1) is 17.8 Å². The first-order valence-electron chi connectivity index (χ1n) is 4.72. The van der Waals surface area contributed by atoms with E-state index in [9.17, 15) is 8.42 Å². The number of rotatable bonds is 3. The first-order valence-corrected chi connectivity index (χ1v) is 7.67. The number of alkyl halides is 1. The maximum absolute atomic E-state index is 11.3. The molecule has 0 radical (unpaired) electrons. The second-order valence-electron chi connectivity index (χ2n) is 4.23. The van der Waals surface area contributed by atoms with Crippen molar-refractivity contribution in [3.8, 4) is 0 Å². The third-order valence-corrected chi connectivity index (χ3v) is 5.45. The Kier molecular flexibility index (Phi) is 3.81. The van der Waals surface area contributed by atoms with Crippen molar-refractivity contribution in [2.24, 2.45) is 17.8 Å². The molecular weight excluding hydrogens is 252 g/mol. The van der Waals surface area contributed by atoms with E-state index in [1.165, 1.54) is 0 Å². The second kappa shape index (κ2) is 4.30. The van der Waals surface area contributed by atoms with Crippen molar-refractivity contribution in [1.82, 2.24) is 0 Å². The predicted molar refractivity (Wildman–Crippen MR) is 58.9 cm³/mol. The van der Waals surface area contributed by atoms with Crippen LogP contribution >= 0.6 is 15.9 Å². The van der Waals surface area contributed by atoms with Gasteiger partial charge in [-0.2, -0.15) is 0 Å². The van der Waals surface area contributed by atoms with Crippen LogP contribution in [0.3, 0.4) is 0 Å². The molecule has 0 spiro atoms. The zero-order chi connectivity index (χ0) is 10.1. The topological polar surface area (TPSA) is 34.1 Å². The Morgan fingerprint density at radius 1 is 1.46 bits per heavy atom. The molecule has 2 unspecified atom stereocenters. The van der Waals surface area contributed by atoms with Crippen LogP contribution in [-0.2, 0) is 9.84 Å². The third-order valence-electron chi connectivity index (χ3n) is 2.91. The standard InChI is InChI=1S/C9H17BrO2S/c1-7(2)9(5-10)8-3-4-13(11,12)6-8/h7-9H,3-6H2,1-2H3. The van der Waals surface area contributed by atoms with Gasteiger partial charge < -0.3 is 0 Å². The SMILES string of the molecule is CC(C)C(CBr)C1CCS(=O)(=O)C1. The fourth-order valence-corrected chi connectivity index (χ4v) is 5.18. The van der Waals surface area contributed by atoms with Crippen LogP contribution in [0.2, 0.25) is 0 Å². The molecule has 0 aromatic carbocycles. The molecule has 2 atom stereocenters. The van der Waals surface area contributed by atoms with Gasteiger partial charge in [-0.15, -0.1) is 0 Å². The Bertz CT molecular complexity index is 259. The zero-order valence-electron chi connectivity index (χ0n) is 8.16. The first-order chi connectivity index (χ1) is 5.96. The minimum Gasteiger partial charge on any atom is -0.229 e. The van der Waals surface area contributed by atoms with Crippen LogP contribution in [0.4, 0.5) is 0 Å². The van der Waals surface area contributed by atoms with Gasteiger partial charge in [0, 0.05) is 5.33 Å². The second-order valence-corrected chi connectivity index (χ2v) is 7.10. The molecule has 0 N–H and O–H groups in total. The van der Waals surface area contributed by atoms with Gasteiger partial charge in [-0.05, 0) is 24.2 Å². The summed E-state index contributed by atoms with van der Waals surface area (Å²) in [4.78, 5) is 0. The molecule has 1 heterocycles. The van der Waals surface area contributed by atoms with Crippen molar-refractivity contribution in [2.75, 3.05) is 16.8 Å². The van der Waals surface area contributed by atoms with E-state index in [4.69, 9.17) is 0 Å². The third kappa shape index (κ3) is 2.94. The predicted octanol–water partition coefficient (Wildman–Crippen LogP) is 2.09. The van der Waals surface area contributed by atoms with E-state index < -0.39 is 9.84 Å². The molecule has 0 aromatic rings. The molecule has 13 heavy (non-hydrogen) atoms. The van der Waals surface area contributed by atoms with Crippen molar-refractivity contribution in [2.45, 2.75) is 20.3 Å². The Morgan fingerprint density at radius 2 is 2.08 bits per heavy atom. The van der Waals surface area contributed by atoms with E-state index in [0.717, 1.165) is 11.8 Å². The maximum atomic E-state index is 11.3. The lowest BCUT2D eigenvalue weighted by Crippen LogP contribution is -2.22. The summed E-state index contributed by atoms with van der Waals surface area (Å²) < 4.78 is 22.5. The van der Waals surface area contributed by atoms with Crippen LogP contribution in [0.25, 0.3) is 0 Å². The van der Waals surface area contributed by atoms with Gasteiger partial charge in [0.15, 0.2) is 9.84 Å². The van der Waals surface area contributed by atoms with Gasteiger partial charge in [-0.25, -0.2) is 8.42 Å². The molecule has 0 bridgehead atoms. The van der Waals surface area contributed by atoms with Crippen molar-refractivity contribution in [3.05, 3.63) is 0 Å². The molecule has 1 saturated heterocycles. The Hall–Kier alpha value is 0.430. The van der Waals surface area contributed by atoms with Crippen LogP contribution in [0.1, 0.15) is 20.3 Å². The molecule has 78 valence electrons. The van der Waals surface area contributed by atoms with Crippen molar-refractivity contribution >= 4 is 25.8 Å². The molecule has 1 aliphatic rings. The van der Waals surface area contributed by atoms with Gasteiger partial charge in [0.2, 0.25) is 0 Å². The lowest BCUT2D eigenvalue weighted by atomic mass is 9.85. The van der Waals surface area contributed by atoms with Crippen LogP contribution in [-0.4, -0.2) is 25.3 Å². The largest absolute Gasteiger partial charge is 0.229 e. The minimum atomic E-state index is -2.70. The number of halogens is 1. The molecule has 0 aromatic heterocycles. The van der Waals surface area contributed by atoms with E-state index >= 15 is 0 Å². The maximum Gasteiger partial charge on any atom is 0.150 e. The van der Waals surface area contributed by atoms with Crippen LogP contribution in [0.5, 0.6) is 0 Å². The highest BCUT2D eigenvalue weighted by molar-refractivity contribution is 9.09. The summed E-state index contributed by atoms with van der Waals surface area (Å²) in [5.41, 5.74) is 0. The lowest BCUT2D eigenvalue weighted by Gasteiger charge is -2.23. The van der Waals surface area contributed by atoms with E-state index in [1.807, 2.05) is 0 Å². The molecular formula is C9H17BrO2S. The number of hydrogen-bond donors (Lipinski definition) is 0. The lowest BCUT2D eigenvalue weighted by molar-refractivity contribution is 0.309. The Morgan fingerprint density at radius 3 is 2.38 bits per heavy atom. The highest BCUT2D eigenvalue weighted by atomic mass is 79.9. The average molecular weight is 269 g/mol. The van der Waals surface area contributed by atoms with Crippen molar-refractivity contribution < 1.29 is 8.42 Å². The summed E-state index contributed by atoms with van der Waals surface area (Å²) in [6.07, 6.45) is 0.858. The summed E-state index contributed by atoms with van der Waals surface area (Å²) >= 11 is 3.47. The van der Waals surface area contributed by atoms with Gasteiger partial charge in [-0.3, -0.25) is 0 Å². The average Bonchev–Trinajstić information content (AvgIpc) is 2.31. The Labute approximate surface area is 89.1 Å². The fraction of sp³-hybridized carbons (Fsp3) is 1.00. The highest BCUT2D eigenvalue weighted by Crippen LogP contribution is 2.31. The van der Waals surface area contributed by atoms with E-state index in [0.29, 0.717) is 29.3 Å². The van der Waals surface area contributed by atoms with Gasteiger partial charge in [0.05, 0.1) is 11.5 Å². The van der Waals surface area contributed by atoms with Crippen molar-refractivity contribution in [1.29, 1.82) is 0 Å². The first kappa shape index (κ1) is 11.5. The summed E-state index contributed by atoms with van der Waals surface area (Å²) in [5.74, 6) is 2.26. The summed E-state index contributed by atoms with van der Waals surface area (Å²) in [6, 6.07) is 0. The minimum absolute atomic E-state index is 0.379. The molecule has 4 heteroatoms. The van der Waals surface area contributed by atoms with Crippen molar-refractivity contribution in [3.63, 3.8) is 0 Å². The molecule has 0 amide bonds. The number of sulfone groups is 1. The van der Waals surface area contributed by atoms with Crippen LogP contribution < -0.4 is 0 Å². The molecule has 1 aliphatic heterocycles. The molecule has 1 fully saturated rings. The highest BCUT2D eigenvalue weighted by Gasteiger charge is 2.34. The van der Waals surface area contributed by atoms with Crippen LogP contribution in [0.15, 0.2) is 0 Å². The number of hydrogen-bond acceptors (Lipinski definition) is 2. The summed E-state index contributed by atoms with van der Waals surface area (Å²) in [6.45, 7) is 4.33. The summed E-state index contributed by atoms with van der Waals surface area (Å²) in [7, 11) is -2.70. The Balaban J connectivity index is 2.63. The van der Waals surface area contributed by atoms with Gasteiger partial charge in [0.1, 0.15) is 0 Å². The fourth-order valence-electron chi connectivity index (χ4n) is 2.01. The quantitative estimate of drug-likeness (QED) is 0.735. The molecule has 1 rings (SSSR count). The molecule has 2 nitrogen and oxygen atoms in total. The molecule has 0 aliphatic carbocycles. The van der Waals surface area contributed by atoms with E-state index in [1.54, 1.807) is 0 Å². The summed E-state index contributed by atoms with van der Waals surface area (Å²) in [5, 5.41) is 0.921.